The minimum atomic E-state index is -3.52. The van der Waals surface area contributed by atoms with Crippen LogP contribution in [0.3, 0.4) is 0 Å². The second kappa shape index (κ2) is 8.02. The molecule has 0 radical (unpaired) electrons. The highest BCUT2D eigenvalue weighted by atomic mass is 32.2. The number of benzene rings is 2. The van der Waals surface area contributed by atoms with Crippen LogP contribution in [-0.4, -0.2) is 33.7 Å². The topological polar surface area (TPSA) is 75.7 Å². The lowest BCUT2D eigenvalue weighted by Gasteiger charge is -2.18. The second-order valence-corrected chi connectivity index (χ2v) is 8.44. The van der Waals surface area contributed by atoms with Crippen molar-refractivity contribution in [3.8, 4) is 5.75 Å². The third kappa shape index (κ3) is 4.17. The van der Waals surface area contributed by atoms with Gasteiger partial charge < -0.3 is 10.1 Å². The van der Waals surface area contributed by atoms with Gasteiger partial charge in [-0.05, 0) is 43.2 Å². The first-order chi connectivity index (χ1) is 13.3. The number of ether oxygens (including phenoxy) is 1. The number of methoxy groups -OCH3 is 1. The Bertz CT molecular complexity index is 1030. The van der Waals surface area contributed by atoms with E-state index < -0.39 is 21.7 Å². The maximum atomic E-state index is 14.2. The molecular formula is C20H21FN2O4S. The maximum Gasteiger partial charge on any atom is 0.248 e. The van der Waals surface area contributed by atoms with E-state index in [0.29, 0.717) is 23.4 Å². The van der Waals surface area contributed by atoms with Gasteiger partial charge >= 0.3 is 0 Å². The number of amides is 1. The predicted octanol–water partition coefficient (Wildman–Crippen LogP) is 3.42. The summed E-state index contributed by atoms with van der Waals surface area (Å²) in [7, 11) is -1.96. The molecule has 0 atom stereocenters. The van der Waals surface area contributed by atoms with Crippen LogP contribution >= 0.6 is 0 Å². The predicted molar refractivity (Wildman–Crippen MR) is 107 cm³/mol. The molecule has 1 heterocycles. The molecule has 1 fully saturated rings. The molecular weight excluding hydrogens is 383 g/mol. The zero-order valence-corrected chi connectivity index (χ0v) is 16.4. The highest BCUT2D eigenvalue weighted by molar-refractivity contribution is 7.93. The Morgan fingerprint density at radius 3 is 2.68 bits per heavy atom. The standard InChI is InChI=1S/C20H21FN2O4S/c1-14(16-6-3-4-7-19(16)27-2)12-20(24)22-15-8-9-17(21)18(13-15)23-10-5-11-28(23,25)26/h3-4,6-9,12-13H,5,10-11H2,1-2H3,(H,22,24). The third-order valence-electron chi connectivity index (χ3n) is 4.46. The Labute approximate surface area is 163 Å². The highest BCUT2D eigenvalue weighted by Crippen LogP contribution is 2.30. The minimum absolute atomic E-state index is 0.0101. The lowest BCUT2D eigenvalue weighted by molar-refractivity contribution is -0.111. The van der Waals surface area contributed by atoms with Crippen molar-refractivity contribution in [2.45, 2.75) is 13.3 Å². The van der Waals surface area contributed by atoms with E-state index in [1.54, 1.807) is 20.1 Å². The van der Waals surface area contributed by atoms with E-state index in [2.05, 4.69) is 5.32 Å². The van der Waals surface area contributed by atoms with E-state index in [1.165, 1.54) is 18.2 Å². The summed E-state index contributed by atoms with van der Waals surface area (Å²) in [6, 6.07) is 11.2. The smallest absolute Gasteiger partial charge is 0.248 e. The lowest BCUT2D eigenvalue weighted by Crippen LogP contribution is -2.26. The SMILES string of the molecule is COc1ccccc1C(C)=CC(=O)Nc1ccc(F)c(N2CCCS2(=O)=O)c1. The van der Waals surface area contributed by atoms with Crippen LogP contribution in [0.2, 0.25) is 0 Å². The van der Waals surface area contributed by atoms with Crippen molar-refractivity contribution in [3.05, 3.63) is 59.9 Å². The van der Waals surface area contributed by atoms with E-state index in [1.807, 2.05) is 18.2 Å². The van der Waals surface area contributed by atoms with Gasteiger partial charge in [-0.1, -0.05) is 18.2 Å². The van der Waals surface area contributed by atoms with Crippen molar-refractivity contribution in [1.82, 2.24) is 0 Å². The van der Waals surface area contributed by atoms with Gasteiger partial charge in [0.2, 0.25) is 15.9 Å². The fraction of sp³-hybridized carbons (Fsp3) is 0.250. The first-order valence-corrected chi connectivity index (χ1v) is 10.4. The van der Waals surface area contributed by atoms with Gasteiger partial charge in [-0.15, -0.1) is 0 Å². The first-order valence-electron chi connectivity index (χ1n) is 8.74. The van der Waals surface area contributed by atoms with E-state index >= 15 is 0 Å². The van der Waals surface area contributed by atoms with Crippen LogP contribution in [0.4, 0.5) is 15.8 Å². The van der Waals surface area contributed by atoms with Crippen LogP contribution in [0.1, 0.15) is 18.9 Å². The van der Waals surface area contributed by atoms with Crippen LogP contribution in [0.15, 0.2) is 48.5 Å². The number of nitrogens with zero attached hydrogens (tertiary/aromatic N) is 1. The number of halogens is 1. The number of carbonyl (C=O) groups is 1. The largest absolute Gasteiger partial charge is 0.496 e. The zero-order valence-electron chi connectivity index (χ0n) is 15.6. The van der Waals surface area contributed by atoms with Crippen molar-refractivity contribution in [2.24, 2.45) is 0 Å². The van der Waals surface area contributed by atoms with Gasteiger partial charge in [-0.3, -0.25) is 9.10 Å². The van der Waals surface area contributed by atoms with Crippen LogP contribution < -0.4 is 14.4 Å². The molecule has 0 aromatic heterocycles. The number of carbonyl (C=O) groups excluding carboxylic acids is 1. The van der Waals surface area contributed by atoms with E-state index in [0.717, 1.165) is 15.9 Å². The number of allylic oxidation sites excluding steroid dienone is 1. The molecule has 1 amide bonds. The van der Waals surface area contributed by atoms with Crippen molar-refractivity contribution >= 4 is 32.9 Å². The molecule has 2 aromatic rings. The van der Waals surface area contributed by atoms with Crippen LogP contribution in [-0.2, 0) is 14.8 Å². The fourth-order valence-electron chi connectivity index (χ4n) is 3.11. The Hall–Kier alpha value is -2.87. The molecule has 0 saturated carbocycles. The average Bonchev–Trinajstić information content (AvgIpc) is 3.02. The highest BCUT2D eigenvalue weighted by Gasteiger charge is 2.30. The Morgan fingerprint density at radius 1 is 1.25 bits per heavy atom. The van der Waals surface area contributed by atoms with Crippen LogP contribution in [0.5, 0.6) is 5.75 Å². The summed E-state index contributed by atoms with van der Waals surface area (Å²) in [5, 5.41) is 2.65. The number of anilines is 2. The van der Waals surface area contributed by atoms with Gasteiger partial charge in [-0.25, -0.2) is 12.8 Å². The quantitative estimate of drug-likeness (QED) is 0.775. The summed E-state index contributed by atoms with van der Waals surface area (Å²) in [5.41, 5.74) is 1.73. The Morgan fingerprint density at radius 2 is 2.00 bits per heavy atom. The Balaban J connectivity index is 1.82. The number of para-hydroxylation sites is 1. The molecule has 0 bridgehead atoms. The number of sulfonamides is 1. The Kier molecular flexibility index (Phi) is 5.69. The lowest BCUT2D eigenvalue weighted by atomic mass is 10.1. The summed E-state index contributed by atoms with van der Waals surface area (Å²) >= 11 is 0. The van der Waals surface area contributed by atoms with Crippen LogP contribution in [0.25, 0.3) is 5.57 Å². The van der Waals surface area contributed by atoms with Crippen LogP contribution in [0, 0.1) is 5.82 Å². The van der Waals surface area contributed by atoms with Gasteiger partial charge in [-0.2, -0.15) is 0 Å². The zero-order chi connectivity index (χ0) is 20.3. The molecule has 1 saturated heterocycles. The molecule has 1 aliphatic heterocycles. The second-order valence-electron chi connectivity index (χ2n) is 6.42. The average molecular weight is 404 g/mol. The molecule has 1 aliphatic rings. The molecule has 2 aromatic carbocycles. The molecule has 8 heteroatoms. The van der Waals surface area contributed by atoms with Crippen molar-refractivity contribution in [3.63, 3.8) is 0 Å². The molecule has 1 N–H and O–H groups in total. The monoisotopic (exact) mass is 404 g/mol. The summed E-state index contributed by atoms with van der Waals surface area (Å²) in [6.07, 6.45) is 1.85. The summed E-state index contributed by atoms with van der Waals surface area (Å²) in [4.78, 5) is 12.4. The van der Waals surface area contributed by atoms with Crippen molar-refractivity contribution in [1.29, 1.82) is 0 Å². The molecule has 28 heavy (non-hydrogen) atoms. The van der Waals surface area contributed by atoms with E-state index in [9.17, 15) is 17.6 Å². The fourth-order valence-corrected chi connectivity index (χ4v) is 4.68. The molecule has 0 unspecified atom stereocenters. The number of nitrogens with one attached hydrogen (secondary N) is 1. The van der Waals surface area contributed by atoms with E-state index in [-0.39, 0.29) is 18.0 Å². The van der Waals surface area contributed by atoms with Gasteiger partial charge in [0.1, 0.15) is 11.6 Å². The number of hydrogen-bond donors (Lipinski definition) is 1. The third-order valence-corrected chi connectivity index (χ3v) is 6.32. The molecule has 3 rings (SSSR count). The van der Waals surface area contributed by atoms with Gasteiger partial charge in [0, 0.05) is 23.9 Å². The molecule has 6 nitrogen and oxygen atoms in total. The summed E-state index contributed by atoms with van der Waals surface area (Å²) in [6.45, 7) is 2.01. The van der Waals surface area contributed by atoms with Crippen molar-refractivity contribution in [2.75, 3.05) is 29.0 Å². The molecule has 0 aliphatic carbocycles. The molecule has 148 valence electrons. The number of rotatable bonds is 5. The van der Waals surface area contributed by atoms with Gasteiger partial charge in [0.25, 0.3) is 0 Å². The first kappa shape index (κ1) is 19.9. The minimum Gasteiger partial charge on any atom is -0.496 e. The summed E-state index contributed by atoms with van der Waals surface area (Å²) in [5.74, 6) is -0.425. The number of hydrogen-bond acceptors (Lipinski definition) is 4. The van der Waals surface area contributed by atoms with Gasteiger partial charge in [0.15, 0.2) is 0 Å². The van der Waals surface area contributed by atoms with Gasteiger partial charge in [0.05, 0.1) is 18.6 Å². The van der Waals surface area contributed by atoms with E-state index in [4.69, 9.17) is 4.74 Å². The normalized spacial score (nSPS) is 16.1. The maximum absolute atomic E-state index is 14.2. The van der Waals surface area contributed by atoms with Crippen molar-refractivity contribution < 1.29 is 22.3 Å². The summed E-state index contributed by atoms with van der Waals surface area (Å²) < 4.78 is 44.6. The molecule has 0 spiro atoms.